The normalized spacial score (nSPS) is 11.2. The molecule has 0 bridgehead atoms. The first kappa shape index (κ1) is 19.7. The van der Waals surface area contributed by atoms with Gasteiger partial charge in [-0.05, 0) is 39.2 Å². The van der Waals surface area contributed by atoms with Crippen LogP contribution < -0.4 is 4.74 Å². The minimum absolute atomic E-state index is 0.241. The largest absolute Gasteiger partial charge is 0.486 e. The van der Waals surface area contributed by atoms with E-state index in [2.05, 4.69) is 51.9 Å². The zero-order valence-electron chi connectivity index (χ0n) is 17.5. The summed E-state index contributed by atoms with van der Waals surface area (Å²) in [6, 6.07) is 40.7. The zero-order valence-corrected chi connectivity index (χ0v) is 17.5. The van der Waals surface area contributed by atoms with Crippen molar-refractivity contribution in [2.24, 2.45) is 0 Å². The van der Waals surface area contributed by atoms with Crippen molar-refractivity contribution in [3.63, 3.8) is 0 Å². The molecule has 5 rings (SSSR count). The fourth-order valence-electron chi connectivity index (χ4n) is 4.13. The highest BCUT2D eigenvalue weighted by Crippen LogP contribution is 2.40. The molecule has 1 heterocycles. The van der Waals surface area contributed by atoms with Crippen LogP contribution in [0.5, 0.6) is 5.75 Å². The first-order valence-corrected chi connectivity index (χ1v) is 10.5. The first-order chi connectivity index (χ1) is 15.9. The van der Waals surface area contributed by atoms with Crippen LogP contribution in [0.2, 0.25) is 0 Å². The van der Waals surface area contributed by atoms with Gasteiger partial charge in [-0.25, -0.2) is 4.68 Å². The molecule has 1 aromatic heterocycles. The Morgan fingerprint density at radius 2 is 1.03 bits per heavy atom. The summed E-state index contributed by atoms with van der Waals surface area (Å²) in [6.07, 6.45) is 0. The summed E-state index contributed by atoms with van der Waals surface area (Å²) < 4.78 is 7.92. The third kappa shape index (κ3) is 3.54. The molecule has 4 aromatic carbocycles. The summed E-state index contributed by atoms with van der Waals surface area (Å²) in [5.41, 5.74) is 2.42. The molecule has 0 radical (unpaired) electrons. The van der Waals surface area contributed by atoms with Gasteiger partial charge in [-0.1, -0.05) is 109 Å². The average Bonchev–Trinajstić information content (AvgIpc) is 3.35. The van der Waals surface area contributed by atoms with Crippen molar-refractivity contribution in [1.82, 2.24) is 20.2 Å². The highest BCUT2D eigenvalue weighted by molar-refractivity contribution is 5.50. The van der Waals surface area contributed by atoms with Crippen LogP contribution in [0.1, 0.15) is 22.5 Å². The number of aromatic nitrogens is 4. The van der Waals surface area contributed by atoms with Crippen molar-refractivity contribution in [2.45, 2.75) is 12.1 Å². The van der Waals surface area contributed by atoms with Gasteiger partial charge in [0.2, 0.25) is 0 Å². The SMILES string of the molecule is c1ccc(OCc2nnnn2C(c2ccccc2)(c2ccccc2)c2ccccc2)cc1. The summed E-state index contributed by atoms with van der Waals surface area (Å²) >= 11 is 0. The van der Waals surface area contributed by atoms with E-state index >= 15 is 0 Å². The van der Waals surface area contributed by atoms with E-state index in [1.807, 2.05) is 89.6 Å². The Hall–Kier alpha value is -4.25. The lowest BCUT2D eigenvalue weighted by atomic mass is 9.77. The lowest BCUT2D eigenvalue weighted by Crippen LogP contribution is -2.40. The fourth-order valence-corrected chi connectivity index (χ4v) is 4.13. The van der Waals surface area contributed by atoms with Gasteiger partial charge in [0.15, 0.2) is 5.82 Å². The monoisotopic (exact) mass is 418 g/mol. The van der Waals surface area contributed by atoms with E-state index in [0.29, 0.717) is 5.82 Å². The number of hydrogen-bond acceptors (Lipinski definition) is 4. The first-order valence-electron chi connectivity index (χ1n) is 10.5. The molecule has 0 spiro atoms. The van der Waals surface area contributed by atoms with Crippen LogP contribution in [-0.2, 0) is 12.1 Å². The molecule has 0 aliphatic carbocycles. The van der Waals surface area contributed by atoms with Crippen LogP contribution in [0.25, 0.3) is 0 Å². The number of nitrogens with zero attached hydrogens (tertiary/aromatic N) is 4. The highest BCUT2D eigenvalue weighted by Gasteiger charge is 2.41. The van der Waals surface area contributed by atoms with Gasteiger partial charge in [-0.15, -0.1) is 5.10 Å². The molecule has 0 saturated heterocycles. The maximum Gasteiger partial charge on any atom is 0.190 e. The van der Waals surface area contributed by atoms with E-state index in [-0.39, 0.29) is 6.61 Å². The lowest BCUT2D eigenvalue weighted by molar-refractivity contribution is 0.277. The topological polar surface area (TPSA) is 52.8 Å². The van der Waals surface area contributed by atoms with E-state index in [1.54, 1.807) is 0 Å². The predicted octanol–water partition coefficient (Wildman–Crippen LogP) is 5.09. The second-order valence-electron chi connectivity index (χ2n) is 7.42. The third-order valence-corrected chi connectivity index (χ3v) is 5.54. The zero-order chi connectivity index (χ0) is 21.6. The van der Waals surface area contributed by atoms with Gasteiger partial charge < -0.3 is 4.74 Å². The van der Waals surface area contributed by atoms with Crippen LogP contribution in [0.3, 0.4) is 0 Å². The minimum Gasteiger partial charge on any atom is -0.486 e. The molecule has 0 fully saturated rings. The molecule has 0 aliphatic rings. The molecule has 0 aliphatic heterocycles. The molecule has 0 unspecified atom stereocenters. The minimum atomic E-state index is -0.761. The molecule has 0 saturated carbocycles. The Bertz CT molecular complexity index is 1160. The van der Waals surface area contributed by atoms with Gasteiger partial charge in [0.25, 0.3) is 0 Å². The maximum atomic E-state index is 6.03. The van der Waals surface area contributed by atoms with Crippen LogP contribution in [-0.4, -0.2) is 20.2 Å². The number of tetrazole rings is 1. The Kier molecular flexibility index (Phi) is 5.45. The van der Waals surface area contributed by atoms with Crippen molar-refractivity contribution >= 4 is 0 Å². The van der Waals surface area contributed by atoms with Gasteiger partial charge in [0.05, 0.1) is 0 Å². The Morgan fingerprint density at radius 3 is 1.50 bits per heavy atom. The molecular weight excluding hydrogens is 396 g/mol. The van der Waals surface area contributed by atoms with Gasteiger partial charge in [0.1, 0.15) is 17.9 Å². The molecule has 32 heavy (non-hydrogen) atoms. The molecule has 0 N–H and O–H groups in total. The number of rotatable bonds is 7. The van der Waals surface area contributed by atoms with Crippen LogP contribution in [0.15, 0.2) is 121 Å². The summed E-state index contributed by atoms with van der Waals surface area (Å²) in [4.78, 5) is 0. The van der Waals surface area contributed by atoms with Crippen molar-refractivity contribution < 1.29 is 4.74 Å². The lowest BCUT2D eigenvalue weighted by Gasteiger charge is -2.36. The van der Waals surface area contributed by atoms with E-state index in [4.69, 9.17) is 4.74 Å². The van der Waals surface area contributed by atoms with Crippen LogP contribution in [0.4, 0.5) is 0 Å². The molecule has 0 atom stereocenters. The van der Waals surface area contributed by atoms with Crippen molar-refractivity contribution in [1.29, 1.82) is 0 Å². The molecular formula is C27H22N4O. The third-order valence-electron chi connectivity index (χ3n) is 5.54. The smallest absolute Gasteiger partial charge is 0.190 e. The Balaban J connectivity index is 1.72. The molecule has 0 amide bonds. The van der Waals surface area contributed by atoms with Gasteiger partial charge in [0, 0.05) is 0 Å². The quantitative estimate of drug-likeness (QED) is 0.345. The van der Waals surface area contributed by atoms with Gasteiger partial charge >= 0.3 is 0 Å². The summed E-state index contributed by atoms with van der Waals surface area (Å²) in [6.45, 7) is 0.241. The number of hydrogen-bond donors (Lipinski definition) is 0. The Labute approximate surface area is 186 Å². The van der Waals surface area contributed by atoms with E-state index in [1.165, 1.54) is 0 Å². The number of ether oxygens (including phenoxy) is 1. The number of benzene rings is 4. The van der Waals surface area contributed by atoms with Gasteiger partial charge in [-0.3, -0.25) is 0 Å². The van der Waals surface area contributed by atoms with Crippen molar-refractivity contribution in [2.75, 3.05) is 0 Å². The molecule has 5 heteroatoms. The van der Waals surface area contributed by atoms with Gasteiger partial charge in [-0.2, -0.15) is 0 Å². The summed E-state index contributed by atoms with van der Waals surface area (Å²) in [7, 11) is 0. The van der Waals surface area contributed by atoms with Crippen molar-refractivity contribution in [3.05, 3.63) is 144 Å². The molecule has 156 valence electrons. The average molecular weight is 419 g/mol. The van der Waals surface area contributed by atoms with E-state index in [9.17, 15) is 0 Å². The summed E-state index contributed by atoms with van der Waals surface area (Å²) in [5.74, 6) is 1.40. The van der Waals surface area contributed by atoms with Crippen LogP contribution in [0, 0.1) is 0 Å². The molecule has 5 nitrogen and oxygen atoms in total. The highest BCUT2D eigenvalue weighted by atomic mass is 16.5. The predicted molar refractivity (Wildman–Crippen MR) is 123 cm³/mol. The molecule has 5 aromatic rings. The Morgan fingerprint density at radius 1 is 0.594 bits per heavy atom. The number of para-hydroxylation sites is 1. The second-order valence-corrected chi connectivity index (χ2v) is 7.42. The van der Waals surface area contributed by atoms with Crippen molar-refractivity contribution in [3.8, 4) is 5.75 Å². The standard InChI is InChI=1S/C27H22N4O/c1-5-13-22(14-6-1)27(23-15-7-2-8-16-23,24-17-9-3-10-18-24)31-26(28-29-30-31)21-32-25-19-11-4-12-20-25/h1-20H,21H2. The van der Waals surface area contributed by atoms with Crippen LogP contribution >= 0.6 is 0 Å². The maximum absolute atomic E-state index is 6.03. The fraction of sp³-hybridized carbons (Fsp3) is 0.0741. The van der Waals surface area contributed by atoms with E-state index < -0.39 is 5.54 Å². The second kappa shape index (κ2) is 8.86. The van der Waals surface area contributed by atoms with E-state index in [0.717, 1.165) is 22.4 Å². The summed E-state index contributed by atoms with van der Waals surface area (Å²) in [5, 5.41) is 12.9.